The smallest absolute Gasteiger partial charge is 0.276 e. The van der Waals surface area contributed by atoms with Crippen LogP contribution in [0.25, 0.3) is 0 Å². The van der Waals surface area contributed by atoms with E-state index in [0.29, 0.717) is 54.7 Å². The molecule has 1 fully saturated rings. The number of carbonyl (C=O) groups is 2. The van der Waals surface area contributed by atoms with Gasteiger partial charge in [0.25, 0.3) is 11.8 Å². The van der Waals surface area contributed by atoms with Crippen molar-refractivity contribution in [1.29, 1.82) is 0 Å². The molecule has 8 nitrogen and oxygen atoms in total. The number of halogens is 1. The van der Waals surface area contributed by atoms with Gasteiger partial charge in [-0.1, -0.05) is 48.0 Å². The first-order valence-corrected chi connectivity index (χ1v) is 11.9. The molecule has 2 aliphatic rings. The second-order valence-corrected chi connectivity index (χ2v) is 8.99. The highest BCUT2D eigenvalue weighted by Gasteiger charge is 2.32. The van der Waals surface area contributed by atoms with Crippen molar-refractivity contribution in [3.63, 3.8) is 0 Å². The Labute approximate surface area is 203 Å². The molecule has 3 aromatic rings. The van der Waals surface area contributed by atoms with Gasteiger partial charge in [-0.25, -0.2) is 4.68 Å². The fourth-order valence-corrected chi connectivity index (χ4v) is 4.51. The van der Waals surface area contributed by atoms with Crippen LogP contribution in [0.3, 0.4) is 0 Å². The molecule has 2 amide bonds. The van der Waals surface area contributed by atoms with Crippen LogP contribution in [0.5, 0.6) is 0 Å². The minimum absolute atomic E-state index is 0.00238. The summed E-state index contributed by atoms with van der Waals surface area (Å²) in [4.78, 5) is 29.5. The number of nitrogens with zero attached hydrogens (tertiary/aromatic N) is 5. The Morgan fingerprint density at radius 1 is 0.971 bits per heavy atom. The molecule has 5 rings (SSSR count). The molecule has 2 aromatic carbocycles. The molecule has 3 heterocycles. The van der Waals surface area contributed by atoms with Gasteiger partial charge in [-0.2, -0.15) is 0 Å². The maximum Gasteiger partial charge on any atom is 0.276 e. The monoisotopic (exact) mass is 479 g/mol. The highest BCUT2D eigenvalue weighted by atomic mass is 35.5. The van der Waals surface area contributed by atoms with E-state index >= 15 is 0 Å². The summed E-state index contributed by atoms with van der Waals surface area (Å²) in [6.07, 6.45) is 0.768. The van der Waals surface area contributed by atoms with Crippen LogP contribution in [-0.2, 0) is 24.3 Å². The minimum Gasteiger partial charge on any atom is -0.365 e. The van der Waals surface area contributed by atoms with Gasteiger partial charge in [-0.3, -0.25) is 9.59 Å². The lowest BCUT2D eigenvalue weighted by Gasteiger charge is -2.34. The zero-order valence-corrected chi connectivity index (χ0v) is 19.7. The molecule has 0 radical (unpaired) electrons. The molecule has 1 atom stereocenters. The number of hydrogen-bond donors (Lipinski definition) is 0. The molecule has 176 valence electrons. The van der Waals surface area contributed by atoms with Crippen molar-refractivity contribution in [2.45, 2.75) is 32.6 Å². The molecule has 0 unspecified atom stereocenters. The van der Waals surface area contributed by atoms with E-state index in [2.05, 4.69) is 17.2 Å². The molecule has 9 heteroatoms. The SMILES string of the molecule is CCc1ccc(C(=O)N2CCN(C(=O)c3nnn4c3CO[C@@H](c3ccc(Cl)cc3)C4)CC2)cc1. The maximum atomic E-state index is 13.2. The quantitative estimate of drug-likeness (QED) is 0.573. The van der Waals surface area contributed by atoms with E-state index in [1.54, 1.807) is 14.5 Å². The molecule has 0 bridgehead atoms. The Hall–Kier alpha value is -3.23. The number of aromatic nitrogens is 3. The first-order chi connectivity index (χ1) is 16.5. The van der Waals surface area contributed by atoms with Crippen molar-refractivity contribution >= 4 is 23.4 Å². The number of carbonyl (C=O) groups excluding carboxylic acids is 2. The number of ether oxygens (including phenoxy) is 1. The Morgan fingerprint density at radius 2 is 1.62 bits per heavy atom. The van der Waals surface area contributed by atoms with Crippen LogP contribution < -0.4 is 0 Å². The lowest BCUT2D eigenvalue weighted by molar-refractivity contribution is -0.00202. The number of rotatable bonds is 4. The Kier molecular flexibility index (Phi) is 6.34. The van der Waals surface area contributed by atoms with Crippen molar-refractivity contribution in [1.82, 2.24) is 24.8 Å². The highest BCUT2D eigenvalue weighted by molar-refractivity contribution is 6.30. The summed E-state index contributed by atoms with van der Waals surface area (Å²) in [6.45, 7) is 4.71. The van der Waals surface area contributed by atoms with Crippen LogP contribution in [0.2, 0.25) is 5.02 Å². The summed E-state index contributed by atoms with van der Waals surface area (Å²) in [7, 11) is 0. The van der Waals surface area contributed by atoms with Gasteiger partial charge in [0.1, 0.15) is 6.10 Å². The van der Waals surface area contributed by atoms with Crippen LogP contribution >= 0.6 is 11.6 Å². The zero-order valence-electron chi connectivity index (χ0n) is 19.0. The molecule has 0 aliphatic carbocycles. The molecule has 1 aromatic heterocycles. The summed E-state index contributed by atoms with van der Waals surface area (Å²) >= 11 is 5.98. The van der Waals surface area contributed by atoms with Crippen LogP contribution in [0.1, 0.15) is 50.7 Å². The molecule has 2 aliphatic heterocycles. The van der Waals surface area contributed by atoms with Crippen molar-refractivity contribution in [2.24, 2.45) is 0 Å². The Morgan fingerprint density at radius 3 is 2.26 bits per heavy atom. The van der Waals surface area contributed by atoms with Crippen molar-refractivity contribution < 1.29 is 14.3 Å². The van der Waals surface area contributed by atoms with Gasteiger partial charge in [0.2, 0.25) is 0 Å². The number of hydrogen-bond acceptors (Lipinski definition) is 5. The second kappa shape index (κ2) is 9.56. The maximum absolute atomic E-state index is 13.2. The van der Waals surface area contributed by atoms with E-state index in [0.717, 1.165) is 12.0 Å². The number of fused-ring (bicyclic) bond motifs is 1. The van der Waals surface area contributed by atoms with Crippen molar-refractivity contribution in [3.8, 4) is 0 Å². The highest BCUT2D eigenvalue weighted by Crippen LogP contribution is 2.28. The molecule has 0 spiro atoms. The van der Waals surface area contributed by atoms with Gasteiger partial charge in [0.15, 0.2) is 5.69 Å². The summed E-state index contributed by atoms with van der Waals surface area (Å²) < 4.78 is 7.76. The van der Waals surface area contributed by atoms with Crippen LogP contribution in [-0.4, -0.2) is 62.8 Å². The van der Waals surface area contributed by atoms with Gasteiger partial charge in [-0.15, -0.1) is 5.10 Å². The number of benzene rings is 2. The van der Waals surface area contributed by atoms with Crippen molar-refractivity contribution in [3.05, 3.63) is 81.6 Å². The van der Waals surface area contributed by atoms with Gasteiger partial charge in [-0.05, 0) is 41.8 Å². The van der Waals surface area contributed by atoms with E-state index < -0.39 is 0 Å². The van der Waals surface area contributed by atoms with Crippen molar-refractivity contribution in [2.75, 3.05) is 26.2 Å². The first kappa shape index (κ1) is 22.6. The largest absolute Gasteiger partial charge is 0.365 e. The molecular formula is C25H26ClN5O3. The number of piperazine rings is 1. The van der Waals surface area contributed by atoms with E-state index in [-0.39, 0.29) is 24.5 Å². The predicted molar refractivity (Wildman–Crippen MR) is 127 cm³/mol. The van der Waals surface area contributed by atoms with Gasteiger partial charge < -0.3 is 14.5 Å². The summed E-state index contributed by atoms with van der Waals surface area (Å²) in [5, 5.41) is 9.06. The fourth-order valence-electron chi connectivity index (χ4n) is 4.38. The molecular weight excluding hydrogens is 454 g/mol. The van der Waals surface area contributed by atoms with E-state index in [1.165, 1.54) is 5.56 Å². The summed E-state index contributed by atoms with van der Waals surface area (Å²) in [6, 6.07) is 15.2. The van der Waals surface area contributed by atoms with Crippen LogP contribution in [0.4, 0.5) is 0 Å². The van der Waals surface area contributed by atoms with E-state index in [1.807, 2.05) is 48.5 Å². The number of amides is 2. The standard InChI is InChI=1S/C25H26ClN5O3/c1-2-17-3-5-19(6-4-17)24(32)29-11-13-30(14-12-29)25(33)23-21-16-34-22(15-31(21)28-27-23)18-7-9-20(26)10-8-18/h3-10,22H,2,11-16H2,1H3/t22-/m1/s1. The predicted octanol–water partition coefficient (Wildman–Crippen LogP) is 3.36. The lowest BCUT2D eigenvalue weighted by atomic mass is 10.1. The third-order valence-corrected chi connectivity index (χ3v) is 6.76. The third-order valence-electron chi connectivity index (χ3n) is 6.51. The van der Waals surface area contributed by atoms with Gasteiger partial charge in [0, 0.05) is 36.8 Å². The summed E-state index contributed by atoms with van der Waals surface area (Å²) in [5.41, 5.74) is 3.89. The minimum atomic E-state index is -0.172. The average molecular weight is 480 g/mol. The third kappa shape index (κ3) is 4.43. The Balaban J connectivity index is 1.21. The molecule has 34 heavy (non-hydrogen) atoms. The van der Waals surface area contributed by atoms with E-state index in [4.69, 9.17) is 16.3 Å². The van der Waals surface area contributed by atoms with Gasteiger partial charge in [0.05, 0.1) is 18.8 Å². The van der Waals surface area contributed by atoms with Gasteiger partial charge >= 0.3 is 0 Å². The normalized spacial score (nSPS) is 18.0. The molecule has 1 saturated heterocycles. The Bertz CT molecular complexity index is 1180. The van der Waals surface area contributed by atoms with Crippen LogP contribution in [0.15, 0.2) is 48.5 Å². The molecule has 0 saturated carbocycles. The second-order valence-electron chi connectivity index (χ2n) is 8.55. The lowest BCUT2D eigenvalue weighted by Crippen LogP contribution is -2.50. The number of aryl methyl sites for hydroxylation is 1. The van der Waals surface area contributed by atoms with E-state index in [9.17, 15) is 9.59 Å². The summed E-state index contributed by atoms with van der Waals surface area (Å²) in [5.74, 6) is -0.174. The molecule has 0 N–H and O–H groups in total. The topological polar surface area (TPSA) is 80.6 Å². The first-order valence-electron chi connectivity index (χ1n) is 11.5. The van der Waals surface area contributed by atoms with Crippen LogP contribution in [0, 0.1) is 0 Å². The fraction of sp³-hybridized carbons (Fsp3) is 0.360. The zero-order chi connectivity index (χ0) is 23.7. The average Bonchev–Trinajstić information content (AvgIpc) is 3.32.